The standard InChI is InChI=1S/C19H20FNO3/c1-12-8-14(4-5-16(12)20)19(22)21-7-6-13-9-17(23-2)18(24-3)10-15(13)11-21/h4-5,8-10H,6-7,11H2,1-3H3. The van der Waals surface area contributed by atoms with Crippen molar-refractivity contribution in [3.8, 4) is 11.5 Å². The lowest BCUT2D eigenvalue weighted by atomic mass is 9.98. The van der Waals surface area contributed by atoms with Crippen LogP contribution in [0.3, 0.4) is 0 Å². The summed E-state index contributed by atoms with van der Waals surface area (Å²) in [5.41, 5.74) is 3.19. The van der Waals surface area contributed by atoms with E-state index in [2.05, 4.69) is 0 Å². The Morgan fingerprint density at radius 3 is 2.38 bits per heavy atom. The number of hydrogen-bond acceptors (Lipinski definition) is 3. The minimum absolute atomic E-state index is 0.0847. The number of hydrogen-bond donors (Lipinski definition) is 0. The molecule has 24 heavy (non-hydrogen) atoms. The zero-order valence-electron chi connectivity index (χ0n) is 14.1. The van der Waals surface area contributed by atoms with E-state index in [-0.39, 0.29) is 11.7 Å². The van der Waals surface area contributed by atoms with Crippen LogP contribution in [0.4, 0.5) is 4.39 Å². The van der Waals surface area contributed by atoms with Gasteiger partial charge in [-0.2, -0.15) is 0 Å². The van der Waals surface area contributed by atoms with Gasteiger partial charge in [-0.3, -0.25) is 4.79 Å². The molecule has 0 N–H and O–H groups in total. The van der Waals surface area contributed by atoms with Gasteiger partial charge in [0.1, 0.15) is 5.82 Å². The average Bonchev–Trinajstić information content (AvgIpc) is 2.61. The van der Waals surface area contributed by atoms with E-state index >= 15 is 0 Å². The van der Waals surface area contributed by atoms with Crippen LogP contribution in [0.25, 0.3) is 0 Å². The number of ether oxygens (including phenoxy) is 2. The number of carbonyl (C=O) groups is 1. The lowest BCUT2D eigenvalue weighted by Crippen LogP contribution is -2.36. The van der Waals surface area contributed by atoms with Crippen LogP contribution >= 0.6 is 0 Å². The van der Waals surface area contributed by atoms with Crippen LogP contribution in [0.15, 0.2) is 30.3 Å². The molecule has 1 aliphatic rings. The monoisotopic (exact) mass is 329 g/mol. The number of carbonyl (C=O) groups excluding carboxylic acids is 1. The van der Waals surface area contributed by atoms with Crippen molar-refractivity contribution in [3.05, 3.63) is 58.4 Å². The molecule has 0 radical (unpaired) electrons. The van der Waals surface area contributed by atoms with E-state index in [9.17, 15) is 9.18 Å². The summed E-state index contributed by atoms with van der Waals surface area (Å²) in [5, 5.41) is 0. The second-order valence-electron chi connectivity index (χ2n) is 5.92. The quantitative estimate of drug-likeness (QED) is 0.867. The molecule has 0 aromatic heterocycles. The summed E-state index contributed by atoms with van der Waals surface area (Å²) in [4.78, 5) is 14.5. The molecule has 126 valence electrons. The van der Waals surface area contributed by atoms with Gasteiger partial charge in [0.2, 0.25) is 0 Å². The predicted octanol–water partition coefficient (Wildman–Crippen LogP) is 3.35. The van der Waals surface area contributed by atoms with Gasteiger partial charge in [0.15, 0.2) is 11.5 Å². The lowest BCUT2D eigenvalue weighted by Gasteiger charge is -2.29. The lowest BCUT2D eigenvalue weighted by molar-refractivity contribution is 0.0734. The van der Waals surface area contributed by atoms with Crippen LogP contribution < -0.4 is 9.47 Å². The molecule has 2 aromatic rings. The molecule has 1 heterocycles. The van der Waals surface area contributed by atoms with Crippen molar-refractivity contribution in [3.63, 3.8) is 0 Å². The van der Waals surface area contributed by atoms with Crippen LogP contribution in [-0.4, -0.2) is 31.6 Å². The summed E-state index contributed by atoms with van der Waals surface area (Å²) in [7, 11) is 3.21. The van der Waals surface area contributed by atoms with Gasteiger partial charge in [-0.25, -0.2) is 4.39 Å². The van der Waals surface area contributed by atoms with E-state index in [4.69, 9.17) is 9.47 Å². The van der Waals surface area contributed by atoms with Gasteiger partial charge in [-0.05, 0) is 60.4 Å². The first-order valence-corrected chi connectivity index (χ1v) is 7.82. The number of fused-ring (bicyclic) bond motifs is 1. The Hall–Kier alpha value is -2.56. The van der Waals surface area contributed by atoms with Gasteiger partial charge >= 0.3 is 0 Å². The van der Waals surface area contributed by atoms with Crippen LogP contribution in [0.5, 0.6) is 11.5 Å². The van der Waals surface area contributed by atoms with E-state index in [1.54, 1.807) is 32.1 Å². The molecule has 0 saturated heterocycles. The first-order valence-electron chi connectivity index (χ1n) is 7.82. The van der Waals surface area contributed by atoms with E-state index in [1.165, 1.54) is 12.1 Å². The van der Waals surface area contributed by atoms with E-state index in [0.717, 1.165) is 17.5 Å². The molecular formula is C19H20FNO3. The molecule has 2 aromatic carbocycles. The highest BCUT2D eigenvalue weighted by Gasteiger charge is 2.24. The molecular weight excluding hydrogens is 309 g/mol. The molecule has 0 bridgehead atoms. The molecule has 4 nitrogen and oxygen atoms in total. The van der Waals surface area contributed by atoms with E-state index in [1.807, 2.05) is 12.1 Å². The Morgan fingerprint density at radius 1 is 1.08 bits per heavy atom. The first-order chi connectivity index (χ1) is 11.5. The Kier molecular flexibility index (Phi) is 4.42. The van der Waals surface area contributed by atoms with Crippen molar-refractivity contribution in [2.45, 2.75) is 19.9 Å². The fourth-order valence-corrected chi connectivity index (χ4v) is 3.02. The molecule has 5 heteroatoms. The molecule has 0 fully saturated rings. The summed E-state index contributed by atoms with van der Waals surface area (Å²) in [5.74, 6) is 0.972. The van der Waals surface area contributed by atoms with Crippen LogP contribution in [0, 0.1) is 12.7 Å². The maximum Gasteiger partial charge on any atom is 0.254 e. The molecule has 1 amide bonds. The van der Waals surface area contributed by atoms with Crippen LogP contribution in [-0.2, 0) is 13.0 Å². The number of amides is 1. The van der Waals surface area contributed by atoms with Crippen molar-refractivity contribution in [1.29, 1.82) is 0 Å². The zero-order chi connectivity index (χ0) is 17.3. The van der Waals surface area contributed by atoms with Gasteiger partial charge in [0.25, 0.3) is 5.91 Å². The number of rotatable bonds is 3. The van der Waals surface area contributed by atoms with Crippen LogP contribution in [0.1, 0.15) is 27.0 Å². The number of aryl methyl sites for hydroxylation is 1. The number of methoxy groups -OCH3 is 2. The summed E-state index contributed by atoms with van der Waals surface area (Å²) >= 11 is 0. The van der Waals surface area contributed by atoms with E-state index < -0.39 is 0 Å². The fraction of sp³-hybridized carbons (Fsp3) is 0.316. The Bertz CT molecular complexity index is 788. The van der Waals surface area contributed by atoms with Gasteiger partial charge in [-0.15, -0.1) is 0 Å². The largest absolute Gasteiger partial charge is 0.493 e. The van der Waals surface area contributed by atoms with Crippen molar-refractivity contribution in [2.75, 3.05) is 20.8 Å². The highest BCUT2D eigenvalue weighted by molar-refractivity contribution is 5.94. The smallest absolute Gasteiger partial charge is 0.254 e. The third-order valence-corrected chi connectivity index (χ3v) is 4.41. The second kappa shape index (κ2) is 6.51. The number of benzene rings is 2. The summed E-state index contributed by atoms with van der Waals surface area (Å²) in [6.07, 6.45) is 0.752. The van der Waals surface area contributed by atoms with Crippen molar-refractivity contribution in [1.82, 2.24) is 4.90 Å². The highest BCUT2D eigenvalue weighted by atomic mass is 19.1. The molecule has 3 rings (SSSR count). The third-order valence-electron chi connectivity index (χ3n) is 4.41. The van der Waals surface area contributed by atoms with Gasteiger partial charge < -0.3 is 14.4 Å². The third kappa shape index (κ3) is 2.94. The molecule has 0 unspecified atom stereocenters. The van der Waals surface area contributed by atoms with Gasteiger partial charge in [-0.1, -0.05) is 0 Å². The Labute approximate surface area is 140 Å². The number of nitrogens with zero attached hydrogens (tertiary/aromatic N) is 1. The predicted molar refractivity (Wildman–Crippen MR) is 89.1 cm³/mol. The molecule has 0 atom stereocenters. The SMILES string of the molecule is COc1cc2c(cc1OC)CN(C(=O)c1ccc(F)c(C)c1)CC2. The zero-order valence-corrected chi connectivity index (χ0v) is 14.1. The minimum atomic E-state index is -0.299. The molecule has 0 aliphatic carbocycles. The maximum absolute atomic E-state index is 13.4. The van der Waals surface area contributed by atoms with Gasteiger partial charge in [0.05, 0.1) is 14.2 Å². The van der Waals surface area contributed by atoms with E-state index in [0.29, 0.717) is 35.7 Å². The van der Waals surface area contributed by atoms with Crippen molar-refractivity contribution >= 4 is 5.91 Å². The summed E-state index contributed by atoms with van der Waals surface area (Å²) in [6, 6.07) is 8.37. The van der Waals surface area contributed by atoms with Gasteiger partial charge in [0, 0.05) is 18.7 Å². The van der Waals surface area contributed by atoms with Crippen molar-refractivity contribution in [2.24, 2.45) is 0 Å². The minimum Gasteiger partial charge on any atom is -0.493 e. The second-order valence-corrected chi connectivity index (χ2v) is 5.92. The Balaban J connectivity index is 1.86. The topological polar surface area (TPSA) is 38.8 Å². The molecule has 0 spiro atoms. The highest BCUT2D eigenvalue weighted by Crippen LogP contribution is 2.33. The maximum atomic E-state index is 13.4. The summed E-state index contributed by atoms with van der Waals surface area (Å²) in [6.45, 7) is 2.79. The first kappa shape index (κ1) is 16.3. The fourth-order valence-electron chi connectivity index (χ4n) is 3.02. The normalized spacial score (nSPS) is 13.4. The summed E-state index contributed by atoms with van der Waals surface area (Å²) < 4.78 is 24.1. The van der Waals surface area contributed by atoms with Crippen molar-refractivity contribution < 1.29 is 18.7 Å². The van der Waals surface area contributed by atoms with Crippen LogP contribution in [0.2, 0.25) is 0 Å². The average molecular weight is 329 g/mol. The molecule has 1 aliphatic heterocycles. The molecule has 0 saturated carbocycles. The number of halogens is 1. The Morgan fingerprint density at radius 2 is 1.75 bits per heavy atom.